The quantitative estimate of drug-likeness (QED) is 0.116. The van der Waals surface area contributed by atoms with Crippen LogP contribution in [0.25, 0.3) is 0 Å². The first-order valence-electron chi connectivity index (χ1n) is 13.2. The zero-order chi connectivity index (χ0) is 29.7. The minimum atomic E-state index is -1.65. The number of anilines is 1. The standard InChI is InChI=1S/C32H33N3O5S/c1-30(2,3)40-28(38)31(4,20-25(35-39)27(36)37)26-21-41-29(33-26)34-32(22-14-8-5-9-15-22,23-16-10-6-11-17-23)24-18-12-7-13-19-24/h5-19,21,25H,20H2,1-4H3,(H,33,34)(H,36,37). The van der Waals surface area contributed by atoms with E-state index in [4.69, 9.17) is 9.72 Å². The van der Waals surface area contributed by atoms with E-state index >= 15 is 0 Å². The van der Waals surface area contributed by atoms with Crippen molar-refractivity contribution in [1.29, 1.82) is 0 Å². The van der Waals surface area contributed by atoms with Gasteiger partial charge in [0.1, 0.15) is 16.6 Å². The maximum absolute atomic E-state index is 13.5. The molecule has 1 heterocycles. The highest BCUT2D eigenvalue weighted by molar-refractivity contribution is 7.13. The van der Waals surface area contributed by atoms with E-state index in [1.807, 2.05) is 91.0 Å². The first-order chi connectivity index (χ1) is 19.5. The van der Waals surface area contributed by atoms with Crippen molar-refractivity contribution in [3.63, 3.8) is 0 Å². The average molecular weight is 572 g/mol. The van der Waals surface area contributed by atoms with Crippen LogP contribution in [0.5, 0.6) is 0 Å². The normalized spacial score (nSPS) is 14.0. The minimum Gasteiger partial charge on any atom is -0.480 e. The van der Waals surface area contributed by atoms with Crippen LogP contribution in [0.2, 0.25) is 0 Å². The molecule has 0 aliphatic carbocycles. The topological polar surface area (TPSA) is 118 Å². The van der Waals surface area contributed by atoms with E-state index in [0.717, 1.165) is 16.7 Å². The number of hydrogen-bond acceptors (Lipinski definition) is 8. The molecule has 9 heteroatoms. The number of aliphatic carboxylic acids is 1. The number of carboxylic acid groups (broad SMARTS) is 1. The molecule has 0 bridgehead atoms. The Hall–Kier alpha value is -4.37. The number of carboxylic acids is 1. The van der Waals surface area contributed by atoms with Crippen LogP contribution in [0.3, 0.4) is 0 Å². The van der Waals surface area contributed by atoms with E-state index < -0.39 is 41.0 Å². The molecular formula is C32H33N3O5S. The molecule has 4 rings (SSSR count). The number of carbonyl (C=O) groups excluding carboxylic acids is 1. The molecule has 0 saturated carbocycles. The monoisotopic (exact) mass is 571 g/mol. The lowest BCUT2D eigenvalue weighted by molar-refractivity contribution is -0.162. The number of carbonyl (C=O) groups is 2. The van der Waals surface area contributed by atoms with E-state index in [1.54, 1.807) is 33.1 Å². The summed E-state index contributed by atoms with van der Waals surface area (Å²) < 4.78 is 5.67. The first kappa shape index (κ1) is 29.6. The van der Waals surface area contributed by atoms with Gasteiger partial charge in [0, 0.05) is 11.8 Å². The summed E-state index contributed by atoms with van der Waals surface area (Å²) in [6.45, 7) is 6.71. The van der Waals surface area contributed by atoms with E-state index in [9.17, 15) is 19.6 Å². The summed E-state index contributed by atoms with van der Waals surface area (Å²) in [5.74, 6) is -2.10. The Bertz CT molecular complexity index is 1390. The van der Waals surface area contributed by atoms with Crippen molar-refractivity contribution in [3.05, 3.63) is 124 Å². The van der Waals surface area contributed by atoms with Gasteiger partial charge in [0.05, 0.1) is 5.69 Å². The number of thiazole rings is 1. The second-order valence-corrected chi connectivity index (χ2v) is 11.9. The fourth-order valence-corrected chi connectivity index (χ4v) is 5.66. The molecule has 2 N–H and O–H groups in total. The Morgan fingerprint density at radius 1 is 0.878 bits per heavy atom. The first-order valence-corrected chi connectivity index (χ1v) is 14.1. The third-order valence-corrected chi connectivity index (χ3v) is 7.61. The van der Waals surface area contributed by atoms with Gasteiger partial charge in [0.25, 0.3) is 0 Å². The Balaban J connectivity index is 1.86. The van der Waals surface area contributed by atoms with Gasteiger partial charge in [-0.05, 0) is 44.4 Å². The highest BCUT2D eigenvalue weighted by Crippen LogP contribution is 2.42. The number of benzene rings is 3. The summed E-state index contributed by atoms with van der Waals surface area (Å²) in [7, 11) is 0. The number of nitroso groups, excluding NO2 is 1. The van der Waals surface area contributed by atoms with Crippen LogP contribution < -0.4 is 5.32 Å². The van der Waals surface area contributed by atoms with Crippen LogP contribution in [0.4, 0.5) is 5.13 Å². The highest BCUT2D eigenvalue weighted by atomic mass is 32.1. The largest absolute Gasteiger partial charge is 0.480 e. The van der Waals surface area contributed by atoms with Crippen molar-refractivity contribution in [2.45, 2.75) is 56.7 Å². The molecule has 0 aliphatic heterocycles. The third-order valence-electron chi connectivity index (χ3n) is 6.85. The molecule has 0 radical (unpaired) electrons. The molecule has 8 nitrogen and oxygen atoms in total. The number of ether oxygens (including phenoxy) is 1. The number of nitrogens with one attached hydrogen (secondary N) is 1. The molecule has 1 aromatic heterocycles. The van der Waals surface area contributed by atoms with E-state index in [-0.39, 0.29) is 5.69 Å². The lowest BCUT2D eigenvalue weighted by Crippen LogP contribution is -2.43. The maximum Gasteiger partial charge on any atom is 0.332 e. The van der Waals surface area contributed by atoms with Crippen molar-refractivity contribution in [1.82, 2.24) is 4.98 Å². The van der Waals surface area contributed by atoms with Crippen LogP contribution >= 0.6 is 11.3 Å². The molecule has 4 aromatic rings. The summed E-state index contributed by atoms with van der Waals surface area (Å²) in [6, 6.07) is 28.3. The van der Waals surface area contributed by atoms with Crippen molar-refractivity contribution < 1.29 is 19.4 Å². The zero-order valence-corrected chi connectivity index (χ0v) is 24.2. The van der Waals surface area contributed by atoms with Gasteiger partial charge in [-0.1, -0.05) is 96.2 Å². The summed E-state index contributed by atoms with van der Waals surface area (Å²) in [6.07, 6.45) is -0.398. The molecule has 0 saturated heterocycles. The molecule has 41 heavy (non-hydrogen) atoms. The molecule has 2 unspecified atom stereocenters. The Morgan fingerprint density at radius 3 is 1.73 bits per heavy atom. The van der Waals surface area contributed by atoms with Crippen molar-refractivity contribution in [3.8, 4) is 0 Å². The molecule has 0 fully saturated rings. The smallest absolute Gasteiger partial charge is 0.332 e. The Morgan fingerprint density at radius 2 is 1.34 bits per heavy atom. The summed E-state index contributed by atoms with van der Waals surface area (Å²) in [5, 5.41) is 18.2. The molecule has 2 atom stereocenters. The van der Waals surface area contributed by atoms with Crippen LogP contribution in [0.1, 0.15) is 56.5 Å². The van der Waals surface area contributed by atoms with Gasteiger partial charge in [-0.2, -0.15) is 0 Å². The van der Waals surface area contributed by atoms with Gasteiger partial charge in [0.15, 0.2) is 11.2 Å². The number of nitrogens with zero attached hydrogens (tertiary/aromatic N) is 2. The number of rotatable bonds is 11. The van der Waals surface area contributed by atoms with Gasteiger partial charge >= 0.3 is 11.9 Å². The van der Waals surface area contributed by atoms with Crippen LogP contribution in [-0.2, 0) is 25.3 Å². The van der Waals surface area contributed by atoms with Crippen molar-refractivity contribution in [2.75, 3.05) is 5.32 Å². The number of aromatic nitrogens is 1. The van der Waals surface area contributed by atoms with E-state index in [0.29, 0.717) is 5.13 Å². The van der Waals surface area contributed by atoms with Gasteiger partial charge in [0.2, 0.25) is 0 Å². The third kappa shape index (κ3) is 6.36. The van der Waals surface area contributed by atoms with Crippen LogP contribution in [0, 0.1) is 4.91 Å². The fraction of sp³-hybridized carbons (Fsp3) is 0.281. The number of esters is 1. The molecule has 3 aromatic carbocycles. The van der Waals surface area contributed by atoms with Crippen LogP contribution in [0.15, 0.2) is 102 Å². The molecule has 0 aliphatic rings. The second kappa shape index (κ2) is 12.0. The summed E-state index contributed by atoms with van der Waals surface area (Å²) >= 11 is 1.28. The lowest BCUT2D eigenvalue weighted by Gasteiger charge is -2.37. The van der Waals surface area contributed by atoms with Crippen molar-refractivity contribution >= 4 is 28.4 Å². The second-order valence-electron chi connectivity index (χ2n) is 11.0. The molecule has 212 valence electrons. The molecule has 0 spiro atoms. The van der Waals surface area contributed by atoms with Gasteiger partial charge in [-0.25, -0.2) is 9.78 Å². The van der Waals surface area contributed by atoms with Gasteiger partial charge < -0.3 is 15.2 Å². The van der Waals surface area contributed by atoms with Gasteiger partial charge in [-0.3, -0.25) is 4.79 Å². The number of hydrogen-bond donors (Lipinski definition) is 2. The fourth-order valence-electron chi connectivity index (χ4n) is 4.77. The zero-order valence-electron chi connectivity index (χ0n) is 23.4. The van der Waals surface area contributed by atoms with Crippen LogP contribution in [-0.4, -0.2) is 33.7 Å². The van der Waals surface area contributed by atoms with E-state index in [1.165, 1.54) is 11.3 Å². The van der Waals surface area contributed by atoms with Crippen molar-refractivity contribution in [2.24, 2.45) is 5.18 Å². The minimum absolute atomic E-state index is 0.289. The highest BCUT2D eigenvalue weighted by Gasteiger charge is 2.45. The SMILES string of the molecule is CC(C)(C)OC(=O)C(C)(CC(N=O)C(=O)O)c1csc(NC(c2ccccc2)(c2ccccc2)c2ccccc2)n1. The molecule has 0 amide bonds. The van der Waals surface area contributed by atoms with E-state index in [2.05, 4.69) is 10.5 Å². The predicted octanol–water partition coefficient (Wildman–Crippen LogP) is 6.76. The Labute approximate surface area is 243 Å². The Kier molecular flexibility index (Phi) is 8.68. The predicted molar refractivity (Wildman–Crippen MR) is 160 cm³/mol. The van der Waals surface area contributed by atoms with Gasteiger partial charge in [-0.15, -0.1) is 16.2 Å². The molecular weight excluding hydrogens is 538 g/mol. The average Bonchev–Trinajstić information content (AvgIpc) is 3.44. The summed E-state index contributed by atoms with van der Waals surface area (Å²) in [4.78, 5) is 41.5. The maximum atomic E-state index is 13.5. The lowest BCUT2D eigenvalue weighted by atomic mass is 9.77. The summed E-state index contributed by atoms with van der Waals surface area (Å²) in [5.41, 5.74) is -0.0333.